The molecule has 0 saturated carbocycles. The van der Waals surface area contributed by atoms with E-state index in [0.29, 0.717) is 0 Å². The monoisotopic (exact) mass is 403 g/mol. The summed E-state index contributed by atoms with van der Waals surface area (Å²) >= 11 is 0. The molecule has 0 aromatic heterocycles. The van der Waals surface area contributed by atoms with E-state index in [4.69, 9.17) is 15.3 Å². The molecule has 158 valence electrons. The van der Waals surface area contributed by atoms with Crippen molar-refractivity contribution in [1.29, 1.82) is 0 Å². The molecule has 0 spiro atoms. The summed E-state index contributed by atoms with van der Waals surface area (Å²) in [6, 6.07) is -3.58. The molecular formula is C16H25N3O9. The molecule has 6 N–H and O–H groups in total. The van der Waals surface area contributed by atoms with E-state index >= 15 is 0 Å². The van der Waals surface area contributed by atoms with Crippen molar-refractivity contribution in [2.24, 2.45) is 0 Å². The molecule has 0 rings (SSSR count). The largest absolute Gasteiger partial charge is 0.481 e. The van der Waals surface area contributed by atoms with Gasteiger partial charge in [-0.05, 0) is 12.8 Å². The van der Waals surface area contributed by atoms with Crippen molar-refractivity contribution in [1.82, 2.24) is 16.0 Å². The van der Waals surface area contributed by atoms with Gasteiger partial charge in [0, 0.05) is 19.4 Å². The van der Waals surface area contributed by atoms with Crippen LogP contribution in [0.25, 0.3) is 0 Å². The Kier molecular flexibility index (Phi) is 10.9. The van der Waals surface area contributed by atoms with Crippen LogP contribution < -0.4 is 16.0 Å². The van der Waals surface area contributed by atoms with Gasteiger partial charge >= 0.3 is 17.9 Å². The predicted octanol–water partition coefficient (Wildman–Crippen LogP) is -1.32. The van der Waals surface area contributed by atoms with Crippen LogP contribution >= 0.6 is 0 Å². The molecule has 3 amide bonds. The molecular weight excluding hydrogens is 378 g/mol. The van der Waals surface area contributed by atoms with Crippen LogP contribution in [0.3, 0.4) is 0 Å². The summed E-state index contributed by atoms with van der Waals surface area (Å²) in [7, 11) is 0. The summed E-state index contributed by atoms with van der Waals surface area (Å²) in [5.41, 5.74) is 0. The Hall–Kier alpha value is -3.18. The predicted molar refractivity (Wildman–Crippen MR) is 93.1 cm³/mol. The first-order valence-corrected chi connectivity index (χ1v) is 8.49. The SMILES string of the molecule is CC[C@H](CC(=O)O)NC(=O)[C@H](CC(=O)O)NC(=O)[C@H](CCC(=O)O)NC(C)=O. The molecule has 0 aliphatic carbocycles. The maximum absolute atomic E-state index is 12.3. The first kappa shape index (κ1) is 24.8. The molecule has 0 aromatic rings. The normalized spacial score (nSPS) is 13.5. The van der Waals surface area contributed by atoms with E-state index in [1.165, 1.54) is 0 Å². The van der Waals surface area contributed by atoms with Gasteiger partial charge in [-0.25, -0.2) is 0 Å². The summed E-state index contributed by atoms with van der Waals surface area (Å²) in [6.45, 7) is 2.73. The Bertz CT molecular complexity index is 620. The molecule has 0 aliphatic rings. The minimum absolute atomic E-state index is 0.263. The smallest absolute Gasteiger partial charge is 0.305 e. The van der Waals surface area contributed by atoms with Crippen molar-refractivity contribution in [2.45, 2.75) is 64.1 Å². The Morgan fingerprint density at radius 2 is 1.29 bits per heavy atom. The number of carboxylic acid groups (broad SMARTS) is 3. The zero-order chi connectivity index (χ0) is 21.9. The molecule has 12 nitrogen and oxygen atoms in total. The number of carbonyl (C=O) groups excluding carboxylic acids is 3. The Morgan fingerprint density at radius 3 is 1.71 bits per heavy atom. The Balaban J connectivity index is 5.24. The summed E-state index contributed by atoms with van der Waals surface area (Å²) in [4.78, 5) is 68.4. The molecule has 0 heterocycles. The lowest BCUT2D eigenvalue weighted by molar-refractivity contribution is -0.142. The molecule has 0 radical (unpaired) electrons. The molecule has 0 fully saturated rings. The number of aliphatic carboxylic acids is 3. The van der Waals surface area contributed by atoms with Crippen LogP contribution in [0.2, 0.25) is 0 Å². The van der Waals surface area contributed by atoms with Crippen LogP contribution in [0.5, 0.6) is 0 Å². The van der Waals surface area contributed by atoms with Crippen LogP contribution in [0, 0.1) is 0 Å². The lowest BCUT2D eigenvalue weighted by Crippen LogP contribution is -2.55. The Morgan fingerprint density at radius 1 is 0.750 bits per heavy atom. The molecule has 0 aromatic carbocycles. The number of nitrogens with one attached hydrogen (secondary N) is 3. The molecule has 28 heavy (non-hydrogen) atoms. The van der Waals surface area contributed by atoms with Gasteiger partial charge in [0.25, 0.3) is 0 Å². The second kappa shape index (κ2) is 12.3. The van der Waals surface area contributed by atoms with Gasteiger partial charge in [-0.3, -0.25) is 28.8 Å². The van der Waals surface area contributed by atoms with Crippen LogP contribution in [-0.4, -0.2) is 69.1 Å². The van der Waals surface area contributed by atoms with E-state index < -0.39 is 66.6 Å². The van der Waals surface area contributed by atoms with E-state index in [2.05, 4.69) is 16.0 Å². The summed E-state index contributed by atoms with van der Waals surface area (Å²) in [6.07, 6.45) is -1.61. The highest BCUT2D eigenvalue weighted by molar-refractivity contribution is 5.94. The van der Waals surface area contributed by atoms with Gasteiger partial charge in [-0.1, -0.05) is 6.92 Å². The summed E-state index contributed by atoms with van der Waals surface area (Å²) in [5.74, 6) is -6.20. The van der Waals surface area contributed by atoms with Gasteiger partial charge in [-0.15, -0.1) is 0 Å². The summed E-state index contributed by atoms with van der Waals surface area (Å²) < 4.78 is 0. The maximum Gasteiger partial charge on any atom is 0.305 e. The maximum atomic E-state index is 12.3. The molecule has 0 aliphatic heterocycles. The topological polar surface area (TPSA) is 199 Å². The highest BCUT2D eigenvalue weighted by Crippen LogP contribution is 2.04. The first-order chi connectivity index (χ1) is 13.0. The second-order valence-corrected chi connectivity index (χ2v) is 6.06. The molecule has 0 bridgehead atoms. The van der Waals surface area contributed by atoms with E-state index in [9.17, 15) is 28.8 Å². The highest BCUT2D eigenvalue weighted by Gasteiger charge is 2.29. The van der Waals surface area contributed by atoms with Crippen molar-refractivity contribution in [2.75, 3.05) is 0 Å². The van der Waals surface area contributed by atoms with E-state index in [1.807, 2.05) is 0 Å². The lowest BCUT2D eigenvalue weighted by Gasteiger charge is -2.23. The van der Waals surface area contributed by atoms with Gasteiger partial charge in [0.1, 0.15) is 12.1 Å². The third kappa shape index (κ3) is 10.7. The third-order valence-electron chi connectivity index (χ3n) is 3.61. The molecule has 0 unspecified atom stereocenters. The van der Waals surface area contributed by atoms with Crippen LogP contribution in [-0.2, 0) is 28.8 Å². The van der Waals surface area contributed by atoms with Crippen LogP contribution in [0.4, 0.5) is 0 Å². The number of carboxylic acids is 3. The minimum Gasteiger partial charge on any atom is -0.481 e. The van der Waals surface area contributed by atoms with Crippen LogP contribution in [0.1, 0.15) is 46.0 Å². The standard InChI is InChI=1S/C16H25N3O9/c1-3-9(6-13(23)24)18-16(28)11(7-14(25)26)19-15(27)10(17-8(2)20)4-5-12(21)22/h9-11H,3-7H2,1-2H3,(H,17,20)(H,18,28)(H,19,27)(H,21,22)(H,23,24)(H,25,26)/t9-,10+,11+/m1/s1. The molecule has 12 heteroatoms. The molecule has 0 saturated heterocycles. The second-order valence-electron chi connectivity index (χ2n) is 6.06. The van der Waals surface area contributed by atoms with Gasteiger partial charge in [0.05, 0.1) is 12.8 Å². The summed E-state index contributed by atoms with van der Waals surface area (Å²) in [5, 5.41) is 33.3. The fourth-order valence-corrected chi connectivity index (χ4v) is 2.25. The number of rotatable bonds is 13. The van der Waals surface area contributed by atoms with E-state index in [0.717, 1.165) is 6.92 Å². The van der Waals surface area contributed by atoms with Crippen molar-refractivity contribution in [3.8, 4) is 0 Å². The lowest BCUT2D eigenvalue weighted by atomic mass is 10.1. The van der Waals surface area contributed by atoms with Gasteiger partial charge in [0.15, 0.2) is 0 Å². The van der Waals surface area contributed by atoms with Crippen LogP contribution in [0.15, 0.2) is 0 Å². The average molecular weight is 403 g/mol. The zero-order valence-electron chi connectivity index (χ0n) is 15.6. The van der Waals surface area contributed by atoms with E-state index in [-0.39, 0.29) is 19.3 Å². The minimum atomic E-state index is -1.53. The van der Waals surface area contributed by atoms with Gasteiger partial charge in [0.2, 0.25) is 17.7 Å². The van der Waals surface area contributed by atoms with Gasteiger partial charge < -0.3 is 31.3 Å². The van der Waals surface area contributed by atoms with Crippen molar-refractivity contribution < 1.29 is 44.1 Å². The van der Waals surface area contributed by atoms with Gasteiger partial charge in [-0.2, -0.15) is 0 Å². The number of carbonyl (C=O) groups is 6. The Labute approximate surface area is 160 Å². The fourth-order valence-electron chi connectivity index (χ4n) is 2.25. The first-order valence-electron chi connectivity index (χ1n) is 8.49. The average Bonchev–Trinajstić information content (AvgIpc) is 2.55. The van der Waals surface area contributed by atoms with Crippen molar-refractivity contribution in [3.63, 3.8) is 0 Å². The number of hydrogen-bond donors (Lipinski definition) is 6. The highest BCUT2D eigenvalue weighted by atomic mass is 16.4. The quantitative estimate of drug-likeness (QED) is 0.216. The third-order valence-corrected chi connectivity index (χ3v) is 3.61. The fraction of sp³-hybridized carbons (Fsp3) is 0.625. The van der Waals surface area contributed by atoms with E-state index in [1.54, 1.807) is 6.92 Å². The number of hydrogen-bond acceptors (Lipinski definition) is 6. The number of amides is 3. The van der Waals surface area contributed by atoms with Crippen molar-refractivity contribution in [3.05, 3.63) is 0 Å². The molecule has 3 atom stereocenters. The van der Waals surface area contributed by atoms with Crippen molar-refractivity contribution >= 4 is 35.6 Å². The zero-order valence-corrected chi connectivity index (χ0v) is 15.6.